The lowest BCUT2D eigenvalue weighted by Gasteiger charge is -2.23. The summed E-state index contributed by atoms with van der Waals surface area (Å²) in [6.07, 6.45) is 19.6. The van der Waals surface area contributed by atoms with Crippen molar-refractivity contribution in [2.24, 2.45) is 0 Å². The lowest BCUT2D eigenvalue weighted by molar-refractivity contribution is 0.0675. The van der Waals surface area contributed by atoms with E-state index in [9.17, 15) is 10.2 Å². The quantitative estimate of drug-likeness (QED) is 0.153. The van der Waals surface area contributed by atoms with Crippen LogP contribution in [0.5, 0.6) is 0 Å². The molecule has 0 spiro atoms. The van der Waals surface area contributed by atoms with E-state index < -0.39 is 0 Å². The second-order valence-electron chi connectivity index (χ2n) is 9.91. The van der Waals surface area contributed by atoms with Gasteiger partial charge in [0.05, 0.1) is 26.4 Å². The summed E-state index contributed by atoms with van der Waals surface area (Å²) >= 11 is 0. The molecule has 0 aliphatic carbocycles. The summed E-state index contributed by atoms with van der Waals surface area (Å²) in [4.78, 5) is 2.17. The number of aryl methyl sites for hydroxylation is 1. The van der Waals surface area contributed by atoms with Gasteiger partial charge in [0.25, 0.3) is 0 Å². The Morgan fingerprint density at radius 2 is 1.26 bits per heavy atom. The Morgan fingerprint density at radius 3 is 1.83 bits per heavy atom. The smallest absolute Gasteiger partial charge is 0.0698 e. The van der Waals surface area contributed by atoms with Gasteiger partial charge in [-0.15, -0.1) is 0 Å². The molecule has 1 rings (SSSR count). The molecule has 35 heavy (non-hydrogen) atoms. The number of hydrogen-bond acceptors (Lipinski definition) is 5. The minimum absolute atomic E-state index is 0.0291. The normalized spacial score (nSPS) is 11.6. The number of aliphatic hydroxyl groups excluding tert-OH is 3. The first-order chi connectivity index (χ1) is 17.2. The zero-order chi connectivity index (χ0) is 25.4. The van der Waals surface area contributed by atoms with Gasteiger partial charge < -0.3 is 20.1 Å². The molecule has 0 atom stereocenters. The van der Waals surface area contributed by atoms with E-state index in [-0.39, 0.29) is 19.8 Å². The van der Waals surface area contributed by atoms with Crippen LogP contribution >= 0.6 is 0 Å². The van der Waals surface area contributed by atoms with E-state index in [4.69, 9.17) is 9.84 Å². The van der Waals surface area contributed by atoms with E-state index in [2.05, 4.69) is 30.0 Å². The largest absolute Gasteiger partial charge is 0.396 e. The summed E-state index contributed by atoms with van der Waals surface area (Å²) in [5.74, 6) is 0. The molecule has 0 aromatic heterocycles. The number of ether oxygens (including phenoxy) is 1. The zero-order valence-electron chi connectivity index (χ0n) is 22.7. The highest BCUT2D eigenvalue weighted by Crippen LogP contribution is 2.18. The Labute approximate surface area is 215 Å². The summed E-state index contributed by atoms with van der Waals surface area (Å²) in [6, 6.07) is 6.70. The first kappa shape index (κ1) is 32.0. The maximum absolute atomic E-state index is 9.57. The van der Waals surface area contributed by atoms with E-state index in [0.29, 0.717) is 32.7 Å². The van der Waals surface area contributed by atoms with Gasteiger partial charge in [0.1, 0.15) is 0 Å². The van der Waals surface area contributed by atoms with Crippen LogP contribution in [-0.4, -0.2) is 66.3 Å². The van der Waals surface area contributed by atoms with Crippen molar-refractivity contribution < 1.29 is 20.1 Å². The summed E-state index contributed by atoms with van der Waals surface area (Å²) in [5, 5.41) is 27.9. The average molecular weight is 494 g/mol. The molecule has 0 heterocycles. The van der Waals surface area contributed by atoms with Gasteiger partial charge >= 0.3 is 0 Å². The summed E-state index contributed by atoms with van der Waals surface area (Å²) in [6.45, 7) is 5.46. The zero-order valence-corrected chi connectivity index (χ0v) is 22.7. The molecule has 3 N–H and O–H groups in total. The third-order valence-corrected chi connectivity index (χ3v) is 6.82. The van der Waals surface area contributed by atoms with E-state index in [1.807, 2.05) is 0 Å². The van der Waals surface area contributed by atoms with Gasteiger partial charge in [-0.05, 0) is 36.0 Å². The minimum atomic E-state index is 0.0291. The third kappa shape index (κ3) is 17.2. The van der Waals surface area contributed by atoms with Gasteiger partial charge in [0, 0.05) is 26.2 Å². The maximum atomic E-state index is 9.57. The Bertz CT molecular complexity index is 596. The molecule has 0 saturated heterocycles. The molecule has 0 bridgehead atoms. The fourth-order valence-electron chi connectivity index (χ4n) is 4.70. The maximum Gasteiger partial charge on any atom is 0.0698 e. The van der Waals surface area contributed by atoms with Gasteiger partial charge in [-0.2, -0.15) is 0 Å². The van der Waals surface area contributed by atoms with Crippen molar-refractivity contribution in [2.45, 2.75) is 110 Å². The topological polar surface area (TPSA) is 73.2 Å². The van der Waals surface area contributed by atoms with Crippen molar-refractivity contribution in [3.63, 3.8) is 0 Å². The minimum Gasteiger partial charge on any atom is -0.396 e. The number of unbranched alkanes of at least 4 members (excludes halogenated alkanes) is 12. The van der Waals surface area contributed by atoms with E-state index in [1.54, 1.807) is 0 Å². The van der Waals surface area contributed by atoms with Crippen molar-refractivity contribution in [1.82, 2.24) is 4.90 Å². The van der Waals surface area contributed by atoms with Crippen LogP contribution in [0.3, 0.4) is 0 Å². The number of hydrogen-bond donors (Lipinski definition) is 3. The molecule has 1 aromatic rings. The molecular weight excluding hydrogens is 438 g/mol. The van der Waals surface area contributed by atoms with Gasteiger partial charge in [0.15, 0.2) is 0 Å². The van der Waals surface area contributed by atoms with Crippen LogP contribution in [0.1, 0.15) is 107 Å². The Kier molecular flexibility index (Phi) is 21.4. The van der Waals surface area contributed by atoms with Crippen LogP contribution in [0, 0.1) is 0 Å². The van der Waals surface area contributed by atoms with Gasteiger partial charge in [-0.25, -0.2) is 0 Å². The lowest BCUT2D eigenvalue weighted by atomic mass is 9.97. The highest BCUT2D eigenvalue weighted by molar-refractivity contribution is 5.32. The molecule has 5 heteroatoms. The SMILES string of the molecule is CCCCCCCCCCCCCCCc1ccc(CN(CCO)CCOCCO)c(CCO)c1. The van der Waals surface area contributed by atoms with E-state index >= 15 is 0 Å². The van der Waals surface area contributed by atoms with Crippen LogP contribution in [0.25, 0.3) is 0 Å². The molecule has 204 valence electrons. The van der Waals surface area contributed by atoms with E-state index in [0.717, 1.165) is 13.0 Å². The molecule has 0 aliphatic rings. The summed E-state index contributed by atoms with van der Waals surface area (Å²) < 4.78 is 5.39. The molecular formula is C30H55NO4. The summed E-state index contributed by atoms with van der Waals surface area (Å²) in [7, 11) is 0. The molecule has 1 aromatic carbocycles. The third-order valence-electron chi connectivity index (χ3n) is 6.82. The molecule has 5 nitrogen and oxygen atoms in total. The predicted octanol–water partition coefficient (Wildman–Crippen LogP) is 5.66. The van der Waals surface area contributed by atoms with E-state index in [1.165, 1.54) is 100 Å². The predicted molar refractivity (Wildman–Crippen MR) is 147 cm³/mol. The van der Waals surface area contributed by atoms with Crippen molar-refractivity contribution in [3.05, 3.63) is 34.9 Å². The Balaban J connectivity index is 2.30. The molecule has 0 aliphatic heterocycles. The van der Waals surface area contributed by atoms with Crippen molar-refractivity contribution in [1.29, 1.82) is 0 Å². The Morgan fingerprint density at radius 1 is 0.629 bits per heavy atom. The Hall–Kier alpha value is -0.980. The summed E-state index contributed by atoms with van der Waals surface area (Å²) in [5.41, 5.74) is 3.78. The van der Waals surface area contributed by atoms with Crippen LogP contribution < -0.4 is 0 Å². The van der Waals surface area contributed by atoms with Gasteiger partial charge in [-0.1, -0.05) is 102 Å². The van der Waals surface area contributed by atoms with Gasteiger partial charge in [-0.3, -0.25) is 4.90 Å². The van der Waals surface area contributed by atoms with Crippen LogP contribution in [-0.2, 0) is 24.1 Å². The molecule has 0 saturated carbocycles. The first-order valence-electron chi connectivity index (χ1n) is 14.5. The van der Waals surface area contributed by atoms with Gasteiger partial charge in [0.2, 0.25) is 0 Å². The highest BCUT2D eigenvalue weighted by atomic mass is 16.5. The van der Waals surface area contributed by atoms with Crippen LogP contribution in [0.15, 0.2) is 18.2 Å². The number of aliphatic hydroxyl groups is 3. The van der Waals surface area contributed by atoms with Crippen molar-refractivity contribution >= 4 is 0 Å². The number of benzene rings is 1. The second kappa shape index (κ2) is 23.4. The van der Waals surface area contributed by atoms with Crippen LogP contribution in [0.4, 0.5) is 0 Å². The first-order valence-corrected chi connectivity index (χ1v) is 14.5. The average Bonchev–Trinajstić information content (AvgIpc) is 2.86. The molecule has 0 amide bonds. The lowest BCUT2D eigenvalue weighted by Crippen LogP contribution is -2.30. The van der Waals surface area contributed by atoms with Crippen molar-refractivity contribution in [3.8, 4) is 0 Å². The van der Waals surface area contributed by atoms with Crippen molar-refractivity contribution in [2.75, 3.05) is 46.1 Å². The monoisotopic (exact) mass is 493 g/mol. The molecule has 0 unspecified atom stereocenters. The highest BCUT2D eigenvalue weighted by Gasteiger charge is 2.10. The fraction of sp³-hybridized carbons (Fsp3) is 0.800. The number of nitrogens with zero attached hydrogens (tertiary/aromatic N) is 1. The second-order valence-corrected chi connectivity index (χ2v) is 9.91. The molecule has 0 fully saturated rings. The standard InChI is InChI=1S/C30H55NO4/c1-2-3-4-5-6-7-8-9-10-11-12-13-14-15-28-16-17-30(29(26-28)18-21-32)27-31(19-22-33)20-24-35-25-23-34/h16-17,26,32-34H,2-15,18-25,27H2,1H3. The molecule has 0 radical (unpaired) electrons. The number of rotatable bonds is 25. The van der Waals surface area contributed by atoms with Crippen LogP contribution in [0.2, 0.25) is 0 Å². The fourth-order valence-corrected chi connectivity index (χ4v) is 4.70.